The van der Waals surface area contributed by atoms with Gasteiger partial charge in [0.2, 0.25) is 0 Å². The second-order valence-corrected chi connectivity index (χ2v) is 10.6. The van der Waals surface area contributed by atoms with Crippen LogP contribution in [0.1, 0.15) is 15.2 Å². The van der Waals surface area contributed by atoms with Crippen LogP contribution in [0.4, 0.5) is 30.2 Å². The van der Waals surface area contributed by atoms with Crippen LogP contribution in [0.5, 0.6) is 5.75 Å². The van der Waals surface area contributed by atoms with Crippen LogP contribution in [0.15, 0.2) is 106 Å². The highest BCUT2D eigenvalue weighted by atomic mass is 32.2. The van der Waals surface area contributed by atoms with Crippen LogP contribution >= 0.6 is 23.1 Å². The lowest BCUT2D eigenvalue weighted by molar-refractivity contribution is -0.137. The molecule has 0 saturated carbocycles. The van der Waals surface area contributed by atoms with E-state index in [-0.39, 0.29) is 22.2 Å². The summed E-state index contributed by atoms with van der Waals surface area (Å²) in [4.78, 5) is 41.6. The van der Waals surface area contributed by atoms with E-state index in [1.54, 1.807) is 66.0 Å². The van der Waals surface area contributed by atoms with Crippen LogP contribution in [0.3, 0.4) is 0 Å². The summed E-state index contributed by atoms with van der Waals surface area (Å²) in [5, 5.41) is 7.58. The van der Waals surface area contributed by atoms with E-state index in [1.807, 2.05) is 0 Å². The Morgan fingerprint density at radius 3 is 2.27 bits per heavy atom. The summed E-state index contributed by atoms with van der Waals surface area (Å²) in [7, 11) is 1.51. The number of carbonyl (C=O) groups excluding carboxylic acids is 3. The third-order valence-corrected chi connectivity index (χ3v) is 7.85. The largest absolute Gasteiger partial charge is 0.497 e. The molecule has 208 valence electrons. The van der Waals surface area contributed by atoms with Crippen molar-refractivity contribution in [3.05, 3.63) is 111 Å². The Morgan fingerprint density at radius 2 is 1.63 bits per heavy atom. The monoisotopic (exact) mass is 595 g/mol. The van der Waals surface area contributed by atoms with Gasteiger partial charge in [0.15, 0.2) is 0 Å². The third kappa shape index (κ3) is 6.13. The molecule has 2 heterocycles. The van der Waals surface area contributed by atoms with Crippen LogP contribution < -0.4 is 20.3 Å². The molecule has 41 heavy (non-hydrogen) atoms. The van der Waals surface area contributed by atoms with Crippen LogP contribution in [0.2, 0.25) is 0 Å². The highest BCUT2D eigenvalue weighted by molar-refractivity contribution is 8.04. The van der Waals surface area contributed by atoms with Gasteiger partial charge in [-0.25, -0.2) is 4.90 Å². The molecule has 2 N–H and O–H groups in total. The molecule has 0 saturated heterocycles. The van der Waals surface area contributed by atoms with Crippen LogP contribution in [0, 0.1) is 0 Å². The number of rotatable bonds is 8. The number of thioether (sulfide) groups is 1. The van der Waals surface area contributed by atoms with E-state index in [1.165, 1.54) is 18.4 Å². The lowest BCUT2D eigenvalue weighted by Crippen LogP contribution is -2.32. The predicted molar refractivity (Wildman–Crippen MR) is 152 cm³/mol. The van der Waals surface area contributed by atoms with Crippen molar-refractivity contribution >= 4 is 57.9 Å². The zero-order chi connectivity index (χ0) is 29.1. The van der Waals surface area contributed by atoms with Gasteiger partial charge in [0.25, 0.3) is 17.7 Å². The highest BCUT2D eigenvalue weighted by Crippen LogP contribution is 2.39. The van der Waals surface area contributed by atoms with E-state index in [9.17, 15) is 27.6 Å². The Balaban J connectivity index is 1.46. The number of amides is 3. The Bertz CT molecular complexity index is 1640. The van der Waals surface area contributed by atoms with E-state index in [4.69, 9.17) is 4.74 Å². The number of alkyl halides is 3. The van der Waals surface area contributed by atoms with E-state index in [0.717, 1.165) is 40.9 Å². The fourth-order valence-corrected chi connectivity index (χ4v) is 5.53. The first-order chi connectivity index (χ1) is 19.6. The summed E-state index contributed by atoms with van der Waals surface area (Å²) in [5.74, 6) is -1.14. The molecule has 0 atom stereocenters. The summed E-state index contributed by atoms with van der Waals surface area (Å²) in [6.07, 6.45) is -4.57. The molecule has 0 aliphatic carbocycles. The van der Waals surface area contributed by atoms with Gasteiger partial charge in [0.1, 0.15) is 16.4 Å². The molecule has 1 aliphatic rings. The molecule has 0 unspecified atom stereocenters. The van der Waals surface area contributed by atoms with Crippen molar-refractivity contribution in [1.82, 2.24) is 0 Å². The minimum Gasteiger partial charge on any atom is -0.497 e. The average Bonchev–Trinajstić information content (AvgIpc) is 3.57. The molecule has 12 heteroatoms. The summed E-state index contributed by atoms with van der Waals surface area (Å²) in [6, 6.07) is 20.7. The van der Waals surface area contributed by atoms with Crippen molar-refractivity contribution < 1.29 is 32.3 Å². The number of thiophene rings is 1. The van der Waals surface area contributed by atoms with Crippen molar-refractivity contribution in [3.8, 4) is 5.75 Å². The van der Waals surface area contributed by atoms with Crippen LogP contribution in [-0.4, -0.2) is 24.8 Å². The van der Waals surface area contributed by atoms with Crippen LogP contribution in [0.25, 0.3) is 0 Å². The van der Waals surface area contributed by atoms with Gasteiger partial charge in [-0.2, -0.15) is 13.2 Å². The molecule has 1 aromatic heterocycles. The van der Waals surface area contributed by atoms with Gasteiger partial charge >= 0.3 is 6.18 Å². The SMILES string of the molecule is COc1ccc(NC2=C(Sc3cccc(NC(=O)c4cccs4)c3)C(=O)N(c3ccc(C(F)(F)F)cc3)C2=O)cc1. The first-order valence-electron chi connectivity index (χ1n) is 12.0. The van der Waals surface area contributed by atoms with Crippen molar-refractivity contribution in [2.24, 2.45) is 0 Å². The first kappa shape index (κ1) is 28.0. The van der Waals surface area contributed by atoms with E-state index < -0.39 is 23.6 Å². The minimum atomic E-state index is -4.57. The summed E-state index contributed by atoms with van der Waals surface area (Å²) in [6.45, 7) is 0. The molecule has 0 radical (unpaired) electrons. The standard InChI is InChI=1S/C29H20F3N3O4S2/c1-39-21-13-9-18(10-14-21)33-24-25(28(38)35(27(24)37)20-11-7-17(8-12-20)29(30,31)32)41-22-5-2-4-19(16-22)34-26(36)23-6-3-15-40-23/h2-16,33H,1H3,(H,34,36). The Morgan fingerprint density at radius 1 is 0.902 bits per heavy atom. The zero-order valence-electron chi connectivity index (χ0n) is 21.2. The number of ether oxygens (including phenoxy) is 1. The molecular weight excluding hydrogens is 575 g/mol. The topological polar surface area (TPSA) is 87.7 Å². The molecule has 0 spiro atoms. The Kier molecular flexibility index (Phi) is 7.86. The maximum atomic E-state index is 13.6. The molecular formula is C29H20F3N3O4S2. The predicted octanol–water partition coefficient (Wildman–Crippen LogP) is 7.02. The van der Waals surface area contributed by atoms with Gasteiger partial charge in [0.05, 0.1) is 23.2 Å². The van der Waals surface area contributed by atoms with Gasteiger partial charge in [-0.15, -0.1) is 11.3 Å². The third-order valence-electron chi connectivity index (χ3n) is 5.91. The van der Waals surface area contributed by atoms with Gasteiger partial charge < -0.3 is 15.4 Å². The first-order valence-corrected chi connectivity index (χ1v) is 13.7. The molecule has 3 aromatic carbocycles. The van der Waals surface area contributed by atoms with Crippen molar-refractivity contribution in [1.29, 1.82) is 0 Å². The van der Waals surface area contributed by atoms with Crippen molar-refractivity contribution in [3.63, 3.8) is 0 Å². The number of benzene rings is 3. The minimum absolute atomic E-state index is 0.00501. The highest BCUT2D eigenvalue weighted by Gasteiger charge is 2.41. The summed E-state index contributed by atoms with van der Waals surface area (Å²) >= 11 is 2.29. The van der Waals surface area contributed by atoms with Gasteiger partial charge in [0, 0.05) is 16.3 Å². The fraction of sp³-hybridized carbons (Fsp3) is 0.0690. The number of nitrogens with one attached hydrogen (secondary N) is 2. The van der Waals surface area contributed by atoms with E-state index >= 15 is 0 Å². The van der Waals surface area contributed by atoms with Crippen molar-refractivity contribution in [2.75, 3.05) is 22.6 Å². The van der Waals surface area contributed by atoms with E-state index in [2.05, 4.69) is 10.6 Å². The Hall–Kier alpha value is -4.55. The number of nitrogens with zero attached hydrogens (tertiary/aromatic N) is 1. The van der Waals surface area contributed by atoms with Crippen molar-refractivity contribution in [2.45, 2.75) is 11.1 Å². The lowest BCUT2D eigenvalue weighted by atomic mass is 10.2. The maximum absolute atomic E-state index is 13.6. The maximum Gasteiger partial charge on any atom is 0.416 e. The molecule has 0 fully saturated rings. The quantitative estimate of drug-likeness (QED) is 0.213. The Labute approximate surface area is 240 Å². The van der Waals surface area contributed by atoms with Gasteiger partial charge in [-0.05, 0) is 78.2 Å². The number of hydrogen-bond acceptors (Lipinski definition) is 7. The normalized spacial score (nSPS) is 13.5. The molecule has 7 nitrogen and oxygen atoms in total. The molecule has 1 aliphatic heterocycles. The second kappa shape index (κ2) is 11.5. The molecule has 3 amide bonds. The van der Waals surface area contributed by atoms with Crippen LogP contribution in [-0.2, 0) is 15.8 Å². The lowest BCUT2D eigenvalue weighted by Gasteiger charge is -2.16. The average molecular weight is 596 g/mol. The molecule has 0 bridgehead atoms. The number of halogens is 3. The zero-order valence-corrected chi connectivity index (χ0v) is 22.8. The number of imide groups is 1. The molecule has 5 rings (SSSR count). The van der Waals surface area contributed by atoms with E-state index in [0.29, 0.717) is 26.9 Å². The number of carbonyl (C=O) groups is 3. The summed E-state index contributed by atoms with van der Waals surface area (Å²) in [5.41, 5.74) is 0.0230. The second-order valence-electron chi connectivity index (χ2n) is 8.61. The number of methoxy groups -OCH3 is 1. The number of anilines is 3. The van der Waals surface area contributed by atoms with Gasteiger partial charge in [-0.1, -0.05) is 23.9 Å². The van der Waals surface area contributed by atoms with Gasteiger partial charge in [-0.3, -0.25) is 14.4 Å². The smallest absolute Gasteiger partial charge is 0.416 e. The molecule has 4 aromatic rings. The fourth-order valence-electron chi connectivity index (χ4n) is 3.92. The summed E-state index contributed by atoms with van der Waals surface area (Å²) < 4.78 is 44.5. The number of hydrogen-bond donors (Lipinski definition) is 2.